The van der Waals surface area contributed by atoms with Gasteiger partial charge < -0.3 is 24.3 Å². The third kappa shape index (κ3) is 10.6. The van der Waals surface area contributed by atoms with Gasteiger partial charge in [0.2, 0.25) is 0 Å². The fraction of sp³-hybridized carbons (Fsp3) is 0.486. The lowest BCUT2D eigenvalue weighted by molar-refractivity contribution is 0.0764. The number of rotatable bonds is 12. The number of nitrogens with one attached hydrogen (secondary N) is 1. The second-order valence-corrected chi connectivity index (χ2v) is 11.7. The Balaban J connectivity index is 1.40. The van der Waals surface area contributed by atoms with E-state index < -0.39 is 0 Å². The van der Waals surface area contributed by atoms with Gasteiger partial charge in [0.1, 0.15) is 12.4 Å². The van der Waals surface area contributed by atoms with Gasteiger partial charge in [-0.1, -0.05) is 44.2 Å². The molecule has 7 nitrogen and oxygen atoms in total. The summed E-state index contributed by atoms with van der Waals surface area (Å²) in [6, 6.07) is 20.6. The number of hydrogen-bond acceptors (Lipinski definition) is 6. The molecular weight excluding hydrogens is 552 g/mol. The van der Waals surface area contributed by atoms with Crippen LogP contribution in [0.4, 0.5) is 0 Å². The summed E-state index contributed by atoms with van der Waals surface area (Å²) in [6.45, 7) is 14.8. The first-order valence-corrected chi connectivity index (χ1v) is 16.3. The fourth-order valence-corrected chi connectivity index (χ4v) is 5.38. The first kappa shape index (κ1) is 33.3. The van der Waals surface area contributed by atoms with Crippen molar-refractivity contribution >= 4 is 5.91 Å². The van der Waals surface area contributed by atoms with Crippen molar-refractivity contribution in [3.8, 4) is 17.2 Å². The molecule has 1 heterocycles. The van der Waals surface area contributed by atoms with E-state index >= 15 is 0 Å². The van der Waals surface area contributed by atoms with Gasteiger partial charge in [-0.25, -0.2) is 0 Å². The number of ether oxygens (including phenoxy) is 4. The fourth-order valence-electron chi connectivity index (χ4n) is 5.38. The summed E-state index contributed by atoms with van der Waals surface area (Å²) in [4.78, 5) is 15.6. The van der Waals surface area contributed by atoms with Crippen LogP contribution in [0.2, 0.25) is 0 Å². The molecule has 238 valence electrons. The normalized spacial score (nSPS) is 14.3. The maximum atomic E-state index is 13.2. The largest absolute Gasteiger partial charge is 0.491 e. The predicted molar refractivity (Wildman–Crippen MR) is 176 cm³/mol. The zero-order chi connectivity index (χ0) is 31.1. The number of carbonyl (C=O) groups is 1. The van der Waals surface area contributed by atoms with E-state index in [0.717, 1.165) is 67.3 Å². The number of fused-ring (bicyclic) bond motifs is 3. The highest BCUT2D eigenvalue weighted by molar-refractivity contribution is 5.94. The molecule has 0 radical (unpaired) electrons. The summed E-state index contributed by atoms with van der Waals surface area (Å²) in [5.41, 5.74) is 5.30. The summed E-state index contributed by atoms with van der Waals surface area (Å²) in [5, 5.41) is 3.10. The molecule has 0 saturated carbocycles. The van der Waals surface area contributed by atoms with E-state index in [1.54, 1.807) is 0 Å². The van der Waals surface area contributed by atoms with Gasteiger partial charge in [0.15, 0.2) is 11.5 Å². The Bertz CT molecular complexity index is 1320. The second kappa shape index (κ2) is 17.7. The molecular formula is C37H50N2O5. The first-order chi connectivity index (χ1) is 21.4. The van der Waals surface area contributed by atoms with Gasteiger partial charge in [0.25, 0.3) is 5.91 Å². The number of aryl methyl sites for hydroxylation is 1. The van der Waals surface area contributed by atoms with Crippen LogP contribution in [0.3, 0.4) is 0 Å². The third-order valence-electron chi connectivity index (χ3n) is 7.71. The zero-order valence-electron chi connectivity index (χ0n) is 27.0. The summed E-state index contributed by atoms with van der Waals surface area (Å²) in [7, 11) is 0. The molecule has 0 spiro atoms. The molecule has 44 heavy (non-hydrogen) atoms. The SMILES string of the molecule is CCOc1ccc(CCCNC(=O)c2ccc3c(c2)Cc2cccc(c2)CN(CCC(C)C)CCOCCO3)cc1OCC. The van der Waals surface area contributed by atoms with E-state index in [-0.39, 0.29) is 5.91 Å². The standard InChI is InChI=1S/C37H50N2O5/c1-5-42-35-14-12-29(25-36(35)43-6-2)11-8-17-38-37(40)32-13-15-34-33(26-32)24-30-9-7-10-31(23-30)27-39(18-16-28(3)4)19-20-41-21-22-44-34/h7,9-10,12-15,23,25-26,28H,5-6,8,11,16-22,24,27H2,1-4H3,(H,38,40). The molecule has 1 aliphatic rings. The van der Waals surface area contributed by atoms with Crippen LogP contribution >= 0.6 is 0 Å². The molecule has 1 N–H and O–H groups in total. The maximum Gasteiger partial charge on any atom is 0.251 e. The Hall–Kier alpha value is -3.55. The maximum absolute atomic E-state index is 13.2. The highest BCUT2D eigenvalue weighted by Crippen LogP contribution is 2.29. The number of amides is 1. The molecule has 0 saturated heterocycles. The van der Waals surface area contributed by atoms with Crippen LogP contribution in [0, 0.1) is 5.92 Å². The Morgan fingerprint density at radius 2 is 1.75 bits per heavy atom. The summed E-state index contributed by atoms with van der Waals surface area (Å²) in [6.07, 6.45) is 3.51. The van der Waals surface area contributed by atoms with Crippen molar-refractivity contribution in [2.24, 2.45) is 5.92 Å². The van der Waals surface area contributed by atoms with Crippen LogP contribution in [-0.4, -0.2) is 63.5 Å². The molecule has 4 rings (SSSR count). The van der Waals surface area contributed by atoms with E-state index in [1.807, 2.05) is 44.2 Å². The number of nitrogens with zero attached hydrogens (tertiary/aromatic N) is 1. The van der Waals surface area contributed by atoms with Crippen LogP contribution in [-0.2, 0) is 24.1 Å². The smallest absolute Gasteiger partial charge is 0.251 e. The lowest BCUT2D eigenvalue weighted by Crippen LogP contribution is -2.29. The highest BCUT2D eigenvalue weighted by atomic mass is 16.5. The predicted octanol–water partition coefficient (Wildman–Crippen LogP) is 6.69. The Morgan fingerprint density at radius 3 is 2.57 bits per heavy atom. The van der Waals surface area contributed by atoms with Crippen molar-refractivity contribution in [3.63, 3.8) is 0 Å². The number of benzene rings is 3. The summed E-state index contributed by atoms with van der Waals surface area (Å²) >= 11 is 0. The highest BCUT2D eigenvalue weighted by Gasteiger charge is 2.14. The van der Waals surface area contributed by atoms with Crippen LogP contribution < -0.4 is 19.5 Å². The van der Waals surface area contributed by atoms with E-state index in [9.17, 15) is 4.79 Å². The molecule has 0 atom stereocenters. The second-order valence-electron chi connectivity index (χ2n) is 11.7. The van der Waals surface area contributed by atoms with E-state index in [1.165, 1.54) is 11.1 Å². The molecule has 0 aromatic heterocycles. The average molecular weight is 603 g/mol. The Labute approximate surface area is 263 Å². The number of hydrogen-bond donors (Lipinski definition) is 1. The van der Waals surface area contributed by atoms with Crippen molar-refractivity contribution in [1.82, 2.24) is 10.2 Å². The van der Waals surface area contributed by atoms with E-state index in [2.05, 4.69) is 54.4 Å². The topological polar surface area (TPSA) is 69.3 Å². The molecule has 1 aliphatic heterocycles. The van der Waals surface area contributed by atoms with Gasteiger partial charge in [0, 0.05) is 31.6 Å². The lowest BCUT2D eigenvalue weighted by Gasteiger charge is -2.24. The minimum Gasteiger partial charge on any atom is -0.491 e. The van der Waals surface area contributed by atoms with Crippen LogP contribution in [0.25, 0.3) is 0 Å². The molecule has 7 heteroatoms. The molecule has 0 aliphatic carbocycles. The average Bonchev–Trinajstić information content (AvgIpc) is 3.01. The lowest BCUT2D eigenvalue weighted by atomic mass is 9.99. The van der Waals surface area contributed by atoms with Crippen LogP contribution in [0.5, 0.6) is 17.2 Å². The quantitative estimate of drug-likeness (QED) is 0.233. The first-order valence-electron chi connectivity index (χ1n) is 16.3. The van der Waals surface area contributed by atoms with Gasteiger partial charge in [0.05, 0.1) is 26.4 Å². The Morgan fingerprint density at radius 1 is 0.932 bits per heavy atom. The Kier molecular flexibility index (Phi) is 13.4. The van der Waals surface area contributed by atoms with Crippen molar-refractivity contribution in [2.45, 2.75) is 59.9 Å². The number of carbonyl (C=O) groups excluding carboxylic acids is 1. The molecule has 1 amide bonds. The van der Waals surface area contributed by atoms with Crippen molar-refractivity contribution in [2.75, 3.05) is 52.7 Å². The van der Waals surface area contributed by atoms with Gasteiger partial charge >= 0.3 is 0 Å². The van der Waals surface area contributed by atoms with E-state index in [0.29, 0.717) is 57.5 Å². The van der Waals surface area contributed by atoms with Crippen LogP contribution in [0.1, 0.15) is 73.1 Å². The van der Waals surface area contributed by atoms with E-state index in [4.69, 9.17) is 18.9 Å². The molecule has 3 aromatic carbocycles. The molecule has 3 aromatic rings. The van der Waals surface area contributed by atoms with Crippen molar-refractivity contribution < 1.29 is 23.7 Å². The molecule has 0 unspecified atom stereocenters. The monoisotopic (exact) mass is 602 g/mol. The molecule has 0 fully saturated rings. The summed E-state index contributed by atoms with van der Waals surface area (Å²) < 4.78 is 23.5. The van der Waals surface area contributed by atoms with Gasteiger partial charge in [-0.2, -0.15) is 0 Å². The van der Waals surface area contributed by atoms with Crippen LogP contribution in [0.15, 0.2) is 60.7 Å². The van der Waals surface area contributed by atoms with Gasteiger partial charge in [-0.3, -0.25) is 9.69 Å². The van der Waals surface area contributed by atoms with Gasteiger partial charge in [-0.05, 0) is 98.2 Å². The zero-order valence-corrected chi connectivity index (χ0v) is 27.0. The minimum absolute atomic E-state index is 0.0771. The molecule has 2 bridgehead atoms. The van der Waals surface area contributed by atoms with Gasteiger partial charge in [-0.15, -0.1) is 0 Å². The van der Waals surface area contributed by atoms with Crippen molar-refractivity contribution in [3.05, 3.63) is 88.5 Å². The van der Waals surface area contributed by atoms with Crippen molar-refractivity contribution in [1.29, 1.82) is 0 Å². The minimum atomic E-state index is -0.0771. The summed E-state index contributed by atoms with van der Waals surface area (Å²) in [5.74, 6) is 2.92. The third-order valence-corrected chi connectivity index (χ3v) is 7.71.